The van der Waals surface area contributed by atoms with Gasteiger partial charge < -0.3 is 14.6 Å². The lowest BCUT2D eigenvalue weighted by molar-refractivity contribution is -0.169. The number of carbonyl (C=O) groups is 3. The van der Waals surface area contributed by atoms with Gasteiger partial charge in [-0.1, -0.05) is 12.1 Å². The maximum Gasteiger partial charge on any atom is 0.318 e. The molecule has 0 amide bonds. The number of aliphatic hydroxyl groups is 1. The van der Waals surface area contributed by atoms with Crippen molar-refractivity contribution in [2.75, 3.05) is 20.8 Å². The van der Waals surface area contributed by atoms with Gasteiger partial charge >= 0.3 is 11.9 Å². The van der Waals surface area contributed by atoms with Crippen molar-refractivity contribution < 1.29 is 29.0 Å². The third-order valence-corrected chi connectivity index (χ3v) is 5.33. The molecule has 0 saturated carbocycles. The summed E-state index contributed by atoms with van der Waals surface area (Å²) >= 11 is 0. The number of hydrogen-bond donors (Lipinski definition) is 1. The van der Waals surface area contributed by atoms with Gasteiger partial charge in [-0.2, -0.15) is 0 Å². The van der Waals surface area contributed by atoms with E-state index >= 15 is 0 Å². The van der Waals surface area contributed by atoms with E-state index in [0.717, 1.165) is 0 Å². The summed E-state index contributed by atoms with van der Waals surface area (Å²) in [7, 11) is 2.37. The number of piperidine rings is 1. The number of β-amino-alcohol motifs (C(OH)–C–C–N with tert-alkyl or cyclic N) is 1. The zero-order chi connectivity index (χ0) is 22.5. The highest BCUT2D eigenvalue weighted by molar-refractivity contribution is 6.10. The molecule has 0 aromatic carbocycles. The van der Waals surface area contributed by atoms with Crippen LogP contribution in [0.25, 0.3) is 0 Å². The molecule has 164 valence electrons. The van der Waals surface area contributed by atoms with Gasteiger partial charge in [-0.15, -0.1) is 0 Å². The van der Waals surface area contributed by atoms with Crippen LogP contribution in [0.2, 0.25) is 0 Å². The number of nitrogens with zero attached hydrogens (tertiary/aromatic N) is 3. The van der Waals surface area contributed by atoms with Crippen LogP contribution in [-0.4, -0.2) is 64.6 Å². The van der Waals surface area contributed by atoms with E-state index in [0.29, 0.717) is 11.4 Å². The zero-order valence-corrected chi connectivity index (χ0v) is 17.5. The third-order valence-electron chi connectivity index (χ3n) is 5.33. The van der Waals surface area contributed by atoms with Gasteiger partial charge in [0, 0.05) is 18.9 Å². The van der Waals surface area contributed by atoms with Crippen molar-refractivity contribution in [1.82, 2.24) is 14.9 Å². The van der Waals surface area contributed by atoms with Gasteiger partial charge in [0.05, 0.1) is 43.8 Å². The topological polar surface area (TPSA) is 119 Å². The van der Waals surface area contributed by atoms with Crippen LogP contribution in [-0.2, 0) is 23.9 Å². The maximum absolute atomic E-state index is 13.6. The number of Topliss-reactive ketones (excluding diaryl/α,β-unsaturated/α-hetero) is 1. The number of rotatable bonds is 6. The summed E-state index contributed by atoms with van der Waals surface area (Å²) in [5, 5.41) is 10.3. The molecule has 1 N–H and O–H groups in total. The van der Waals surface area contributed by atoms with Crippen LogP contribution in [0.4, 0.5) is 0 Å². The van der Waals surface area contributed by atoms with Crippen LogP contribution in [0.15, 0.2) is 48.8 Å². The standard InChI is InChI=1S/C22H25N3O6/c1-13(26)12-25-18(14-8-4-6-10-23-14)16(21(28)30-2)20(27)17(22(29)31-3)19(25)15-9-5-7-11-24-15/h4-11,13,16-19,26H,12H2,1-3H3/t13?,16?,17?,18-,19+. The molecule has 9 nitrogen and oxygen atoms in total. The van der Waals surface area contributed by atoms with E-state index in [9.17, 15) is 19.5 Å². The number of ether oxygens (including phenoxy) is 2. The molecule has 0 radical (unpaired) electrons. The molecule has 0 bridgehead atoms. The Labute approximate surface area is 180 Å². The first-order valence-corrected chi connectivity index (χ1v) is 9.85. The number of hydrogen-bond acceptors (Lipinski definition) is 9. The van der Waals surface area contributed by atoms with Crippen molar-refractivity contribution in [2.45, 2.75) is 25.1 Å². The van der Waals surface area contributed by atoms with E-state index in [1.54, 1.807) is 60.6 Å². The summed E-state index contributed by atoms with van der Waals surface area (Å²) in [6.07, 6.45) is 2.27. The van der Waals surface area contributed by atoms with Crippen LogP contribution in [0.5, 0.6) is 0 Å². The molecule has 31 heavy (non-hydrogen) atoms. The predicted octanol–water partition coefficient (Wildman–Crippen LogP) is 1.10. The molecule has 3 rings (SSSR count). The van der Waals surface area contributed by atoms with Crippen LogP contribution in [0.1, 0.15) is 30.4 Å². The van der Waals surface area contributed by atoms with E-state index in [2.05, 4.69) is 9.97 Å². The lowest BCUT2D eigenvalue weighted by Crippen LogP contribution is -2.57. The average molecular weight is 427 g/mol. The molecule has 1 aliphatic heterocycles. The highest BCUT2D eigenvalue weighted by Crippen LogP contribution is 2.46. The normalized spacial score (nSPS) is 25.0. The Kier molecular flexibility index (Phi) is 7.09. The molecular formula is C22H25N3O6. The van der Waals surface area contributed by atoms with Gasteiger partial charge in [0.1, 0.15) is 11.8 Å². The van der Waals surface area contributed by atoms with Crippen LogP contribution < -0.4 is 0 Å². The lowest BCUT2D eigenvalue weighted by Gasteiger charge is -2.47. The molecule has 5 atom stereocenters. The maximum atomic E-state index is 13.6. The smallest absolute Gasteiger partial charge is 0.318 e. The van der Waals surface area contributed by atoms with Crippen molar-refractivity contribution in [3.05, 3.63) is 60.2 Å². The summed E-state index contributed by atoms with van der Waals surface area (Å²) in [5.41, 5.74) is 0.882. The number of pyridine rings is 2. The van der Waals surface area contributed by atoms with E-state index in [1.165, 1.54) is 14.2 Å². The van der Waals surface area contributed by atoms with Gasteiger partial charge in [-0.05, 0) is 31.2 Å². The van der Waals surface area contributed by atoms with Gasteiger partial charge in [0.2, 0.25) is 0 Å². The Morgan fingerprint density at radius 3 is 1.74 bits per heavy atom. The lowest BCUT2D eigenvalue weighted by atomic mass is 9.74. The minimum atomic E-state index is -1.33. The zero-order valence-electron chi connectivity index (χ0n) is 17.5. The van der Waals surface area contributed by atoms with Gasteiger partial charge in [0.15, 0.2) is 5.78 Å². The molecule has 9 heteroatoms. The van der Waals surface area contributed by atoms with Crippen molar-refractivity contribution in [1.29, 1.82) is 0 Å². The summed E-state index contributed by atoms with van der Waals surface area (Å²) in [4.78, 5) is 49.5. The molecule has 3 unspecified atom stereocenters. The second kappa shape index (κ2) is 9.76. The van der Waals surface area contributed by atoms with Crippen molar-refractivity contribution in [3.63, 3.8) is 0 Å². The van der Waals surface area contributed by atoms with Gasteiger partial charge in [-0.25, -0.2) is 0 Å². The fourth-order valence-electron chi connectivity index (χ4n) is 4.12. The fraction of sp³-hybridized carbons (Fsp3) is 0.409. The first-order valence-electron chi connectivity index (χ1n) is 9.85. The monoisotopic (exact) mass is 427 g/mol. The second-order valence-electron chi connectivity index (χ2n) is 7.35. The van der Waals surface area contributed by atoms with Gasteiger partial charge in [0.25, 0.3) is 0 Å². The number of likely N-dealkylation sites (tertiary alicyclic amines) is 1. The number of aliphatic hydroxyl groups excluding tert-OH is 1. The summed E-state index contributed by atoms with van der Waals surface area (Å²) in [6.45, 7) is 1.64. The Morgan fingerprint density at radius 1 is 0.968 bits per heavy atom. The van der Waals surface area contributed by atoms with Crippen molar-refractivity contribution in [3.8, 4) is 0 Å². The molecular weight excluding hydrogens is 402 g/mol. The molecule has 2 aromatic heterocycles. The van der Waals surface area contributed by atoms with Crippen LogP contribution >= 0.6 is 0 Å². The SMILES string of the molecule is COC(=O)C1C(=O)C(C(=O)OC)[C@H](c2ccccn2)N(CC(C)O)[C@@H]1c1ccccn1. The van der Waals surface area contributed by atoms with E-state index in [4.69, 9.17) is 9.47 Å². The number of carbonyl (C=O) groups excluding carboxylic acids is 3. The first-order chi connectivity index (χ1) is 14.9. The highest BCUT2D eigenvalue weighted by Gasteiger charge is 2.56. The fourth-order valence-corrected chi connectivity index (χ4v) is 4.12. The Morgan fingerprint density at radius 2 is 1.42 bits per heavy atom. The van der Waals surface area contributed by atoms with Crippen molar-refractivity contribution in [2.24, 2.45) is 11.8 Å². The number of ketones is 1. The highest BCUT2D eigenvalue weighted by atomic mass is 16.5. The third kappa shape index (κ3) is 4.47. The van der Waals surface area contributed by atoms with Crippen LogP contribution in [0, 0.1) is 11.8 Å². The van der Waals surface area contributed by atoms with Crippen molar-refractivity contribution >= 4 is 17.7 Å². The molecule has 2 aromatic rings. The van der Waals surface area contributed by atoms with Crippen LogP contribution in [0.3, 0.4) is 0 Å². The number of esters is 2. The van der Waals surface area contributed by atoms with E-state index in [-0.39, 0.29) is 6.54 Å². The minimum Gasteiger partial charge on any atom is -0.468 e. The predicted molar refractivity (Wildman–Crippen MR) is 108 cm³/mol. The number of methoxy groups -OCH3 is 2. The molecule has 3 heterocycles. The molecule has 1 aliphatic rings. The summed E-state index contributed by atoms with van der Waals surface area (Å²) in [5.74, 6) is -4.87. The minimum absolute atomic E-state index is 0.0523. The van der Waals surface area contributed by atoms with E-state index in [1.807, 2.05) is 0 Å². The first kappa shape index (κ1) is 22.5. The summed E-state index contributed by atoms with van der Waals surface area (Å²) < 4.78 is 9.85. The largest absolute Gasteiger partial charge is 0.468 e. The second-order valence-corrected chi connectivity index (χ2v) is 7.35. The van der Waals surface area contributed by atoms with Gasteiger partial charge in [-0.3, -0.25) is 29.3 Å². The molecule has 1 fully saturated rings. The Hall–Kier alpha value is -3.17. The summed E-state index contributed by atoms with van der Waals surface area (Å²) in [6, 6.07) is 8.55. The average Bonchev–Trinajstić information content (AvgIpc) is 2.79. The van der Waals surface area contributed by atoms with E-state index < -0.39 is 47.7 Å². The molecule has 0 spiro atoms. The quantitative estimate of drug-likeness (QED) is 0.534. The number of aromatic nitrogens is 2. The Balaban J connectivity index is 2.27. The Bertz CT molecular complexity index is 852. The molecule has 1 saturated heterocycles. The molecule has 0 aliphatic carbocycles.